The number of para-hydroxylation sites is 1. The summed E-state index contributed by atoms with van der Waals surface area (Å²) in [6.07, 6.45) is 0.990. The summed E-state index contributed by atoms with van der Waals surface area (Å²) in [7, 11) is 3.83. The first-order valence-corrected chi connectivity index (χ1v) is 6.74. The number of nitrogens with one attached hydrogen (secondary N) is 1. The molecule has 0 fully saturated rings. The Morgan fingerprint density at radius 2 is 2.05 bits per heavy atom. The summed E-state index contributed by atoms with van der Waals surface area (Å²) >= 11 is 0. The minimum Gasteiger partial charge on any atom is -0.320 e. The van der Waals surface area contributed by atoms with Gasteiger partial charge in [0.1, 0.15) is 6.54 Å². The number of carbonyl (C=O) groups is 1. The quantitative estimate of drug-likeness (QED) is 0.569. The molecule has 0 aliphatic carbocycles. The van der Waals surface area contributed by atoms with Crippen molar-refractivity contribution >= 4 is 11.6 Å². The lowest BCUT2D eigenvalue weighted by Gasteiger charge is -2.23. The molecule has 1 aromatic rings. The molecule has 0 heterocycles. The van der Waals surface area contributed by atoms with Crippen LogP contribution in [0.3, 0.4) is 0 Å². The van der Waals surface area contributed by atoms with E-state index in [1.165, 1.54) is 4.90 Å². The van der Waals surface area contributed by atoms with Crippen LogP contribution in [0.4, 0.5) is 5.69 Å². The van der Waals surface area contributed by atoms with E-state index >= 15 is 0 Å². The van der Waals surface area contributed by atoms with Crippen LogP contribution in [0.15, 0.2) is 30.3 Å². The summed E-state index contributed by atoms with van der Waals surface area (Å²) in [6, 6.07) is 11.4. The Hall–Kier alpha value is -1.90. The molecule has 108 valence electrons. The zero-order valence-corrected chi connectivity index (χ0v) is 12.2. The summed E-state index contributed by atoms with van der Waals surface area (Å²) in [6.45, 7) is 2.17. The van der Waals surface area contributed by atoms with Gasteiger partial charge in [-0.15, -0.1) is 0 Å². The van der Waals surface area contributed by atoms with E-state index in [1.54, 1.807) is 0 Å². The molecule has 0 saturated carbocycles. The van der Waals surface area contributed by atoms with Crippen LogP contribution in [0, 0.1) is 11.3 Å². The van der Waals surface area contributed by atoms with Crippen LogP contribution in [0.5, 0.6) is 0 Å². The highest BCUT2D eigenvalue weighted by Gasteiger charge is 2.16. The molecule has 1 amide bonds. The Kier molecular flexibility index (Phi) is 7.33. The summed E-state index contributed by atoms with van der Waals surface area (Å²) in [5, 5.41) is 12.0. The van der Waals surface area contributed by atoms with Gasteiger partial charge in [-0.3, -0.25) is 14.6 Å². The summed E-state index contributed by atoms with van der Waals surface area (Å²) in [5.74, 6) is -0.0512. The van der Waals surface area contributed by atoms with Crippen molar-refractivity contribution in [2.45, 2.75) is 6.42 Å². The van der Waals surface area contributed by atoms with Crippen molar-refractivity contribution in [3.05, 3.63) is 30.3 Å². The number of amides is 1. The molecule has 0 saturated heterocycles. The number of hydrogen-bond donors (Lipinski definition) is 1. The van der Waals surface area contributed by atoms with Crippen LogP contribution in [0.2, 0.25) is 0 Å². The van der Waals surface area contributed by atoms with E-state index in [0.717, 1.165) is 25.2 Å². The second-order valence-corrected chi connectivity index (χ2v) is 4.67. The molecule has 1 N–H and O–H groups in total. The average Bonchev–Trinajstić information content (AvgIpc) is 2.45. The van der Waals surface area contributed by atoms with Gasteiger partial charge in [-0.2, -0.15) is 5.26 Å². The summed E-state index contributed by atoms with van der Waals surface area (Å²) in [4.78, 5) is 15.8. The molecule has 1 rings (SSSR count). The molecule has 5 nitrogen and oxygen atoms in total. The van der Waals surface area contributed by atoms with Gasteiger partial charge in [-0.25, -0.2) is 0 Å². The zero-order valence-electron chi connectivity index (χ0n) is 12.2. The molecule has 0 atom stereocenters. The highest BCUT2D eigenvalue weighted by Crippen LogP contribution is 2.13. The molecule has 0 unspecified atom stereocenters. The van der Waals surface area contributed by atoms with Crippen molar-refractivity contribution in [2.75, 3.05) is 45.2 Å². The maximum atomic E-state index is 12.3. The largest absolute Gasteiger partial charge is 0.320 e. The predicted molar refractivity (Wildman–Crippen MR) is 80.4 cm³/mol. The number of carbonyl (C=O) groups excluding carboxylic acids is 1. The van der Waals surface area contributed by atoms with Gasteiger partial charge in [0.05, 0.1) is 12.6 Å². The Morgan fingerprint density at radius 1 is 1.35 bits per heavy atom. The number of anilines is 1. The Balaban J connectivity index is 2.59. The van der Waals surface area contributed by atoms with Gasteiger partial charge in [0.25, 0.3) is 0 Å². The molecule has 0 radical (unpaired) electrons. The number of nitriles is 1. The van der Waals surface area contributed by atoms with Crippen LogP contribution in [0.25, 0.3) is 0 Å². The van der Waals surface area contributed by atoms with Crippen molar-refractivity contribution in [1.82, 2.24) is 10.2 Å². The summed E-state index contributed by atoms with van der Waals surface area (Å²) < 4.78 is 0. The smallest absolute Gasteiger partial charge is 0.242 e. The molecule has 20 heavy (non-hydrogen) atoms. The van der Waals surface area contributed by atoms with Crippen molar-refractivity contribution < 1.29 is 4.79 Å². The lowest BCUT2D eigenvalue weighted by atomic mass is 10.2. The fraction of sp³-hybridized carbons (Fsp3) is 0.467. The molecule has 5 heteroatoms. The van der Waals surface area contributed by atoms with Crippen LogP contribution < -0.4 is 10.2 Å². The van der Waals surface area contributed by atoms with E-state index < -0.39 is 0 Å². The van der Waals surface area contributed by atoms with Gasteiger partial charge in [0.15, 0.2) is 0 Å². The average molecular weight is 274 g/mol. The monoisotopic (exact) mass is 274 g/mol. The first-order valence-electron chi connectivity index (χ1n) is 6.74. The first kappa shape index (κ1) is 16.2. The molecule has 0 aliphatic heterocycles. The van der Waals surface area contributed by atoms with E-state index in [9.17, 15) is 4.79 Å². The third-order valence-corrected chi connectivity index (χ3v) is 2.97. The second-order valence-electron chi connectivity index (χ2n) is 4.67. The number of likely N-dealkylation sites (N-methyl/N-ethyl adjacent to an activating group) is 1. The SMILES string of the molecule is CNCCCN(C)CC(=O)N(CC#N)c1ccccc1. The molecular formula is C15H22N4O. The van der Waals surface area contributed by atoms with Gasteiger partial charge >= 0.3 is 0 Å². The number of rotatable bonds is 8. The minimum absolute atomic E-state index is 0.0512. The molecular weight excluding hydrogens is 252 g/mol. The third-order valence-electron chi connectivity index (χ3n) is 2.97. The van der Waals surface area contributed by atoms with Crippen molar-refractivity contribution in [3.8, 4) is 6.07 Å². The maximum Gasteiger partial charge on any atom is 0.242 e. The molecule has 0 spiro atoms. The van der Waals surface area contributed by atoms with E-state index in [2.05, 4.69) is 5.32 Å². The number of benzene rings is 1. The highest BCUT2D eigenvalue weighted by molar-refractivity contribution is 5.95. The van der Waals surface area contributed by atoms with Gasteiger partial charge in [0, 0.05) is 5.69 Å². The van der Waals surface area contributed by atoms with E-state index in [0.29, 0.717) is 6.54 Å². The first-order chi connectivity index (χ1) is 9.69. The minimum atomic E-state index is -0.0512. The van der Waals surface area contributed by atoms with Crippen LogP contribution >= 0.6 is 0 Å². The fourth-order valence-corrected chi connectivity index (χ4v) is 1.92. The number of nitrogens with zero attached hydrogens (tertiary/aromatic N) is 3. The molecule has 1 aromatic carbocycles. The maximum absolute atomic E-state index is 12.3. The van der Waals surface area contributed by atoms with E-state index in [1.807, 2.05) is 55.4 Å². The van der Waals surface area contributed by atoms with Gasteiger partial charge in [-0.1, -0.05) is 18.2 Å². The second kappa shape index (κ2) is 9.08. The van der Waals surface area contributed by atoms with Crippen molar-refractivity contribution in [1.29, 1.82) is 5.26 Å². The third kappa shape index (κ3) is 5.39. The number of hydrogen-bond acceptors (Lipinski definition) is 4. The molecule has 0 aromatic heterocycles. The standard InChI is InChI=1S/C15H22N4O/c1-17-10-6-11-18(2)13-15(20)19(12-9-16)14-7-4-3-5-8-14/h3-5,7-8,17H,6,10-13H2,1-2H3. The normalized spacial score (nSPS) is 10.3. The lowest BCUT2D eigenvalue weighted by Crippen LogP contribution is -2.40. The molecule has 0 aliphatic rings. The predicted octanol–water partition coefficient (Wildman–Crippen LogP) is 1.08. The summed E-state index contributed by atoms with van der Waals surface area (Å²) in [5.41, 5.74) is 0.766. The van der Waals surface area contributed by atoms with Crippen molar-refractivity contribution in [2.24, 2.45) is 0 Å². The topological polar surface area (TPSA) is 59.4 Å². The fourth-order valence-electron chi connectivity index (χ4n) is 1.92. The van der Waals surface area contributed by atoms with Crippen molar-refractivity contribution in [3.63, 3.8) is 0 Å². The Bertz CT molecular complexity index is 441. The van der Waals surface area contributed by atoms with Crippen LogP contribution in [-0.2, 0) is 4.79 Å². The van der Waals surface area contributed by atoms with Gasteiger partial charge in [-0.05, 0) is 45.7 Å². The Morgan fingerprint density at radius 3 is 2.65 bits per heavy atom. The lowest BCUT2D eigenvalue weighted by molar-refractivity contribution is -0.119. The Labute approximate surface area is 120 Å². The van der Waals surface area contributed by atoms with Crippen LogP contribution in [-0.4, -0.2) is 51.1 Å². The molecule has 0 bridgehead atoms. The zero-order chi connectivity index (χ0) is 14.8. The highest BCUT2D eigenvalue weighted by atomic mass is 16.2. The van der Waals surface area contributed by atoms with Gasteiger partial charge in [0.2, 0.25) is 5.91 Å². The van der Waals surface area contributed by atoms with E-state index in [-0.39, 0.29) is 12.5 Å². The van der Waals surface area contributed by atoms with Gasteiger partial charge < -0.3 is 5.32 Å². The van der Waals surface area contributed by atoms with Crippen LogP contribution in [0.1, 0.15) is 6.42 Å². The van der Waals surface area contributed by atoms with E-state index in [4.69, 9.17) is 5.26 Å².